The second kappa shape index (κ2) is 9.37. The molecule has 0 radical (unpaired) electrons. The number of nitrogens with one attached hydrogen (secondary N) is 2. The van der Waals surface area contributed by atoms with Gasteiger partial charge in [-0.25, -0.2) is 8.42 Å². The number of sulfonamides is 1. The summed E-state index contributed by atoms with van der Waals surface area (Å²) in [5.74, 6) is -1.17. The summed E-state index contributed by atoms with van der Waals surface area (Å²) >= 11 is 0. The van der Waals surface area contributed by atoms with E-state index in [-0.39, 0.29) is 4.90 Å². The molecule has 0 saturated carbocycles. The van der Waals surface area contributed by atoms with Gasteiger partial charge in [-0.05, 0) is 69.3 Å². The molecule has 1 heterocycles. The van der Waals surface area contributed by atoms with E-state index in [9.17, 15) is 18.0 Å². The summed E-state index contributed by atoms with van der Waals surface area (Å²) in [7, 11) is -2.51. The molecule has 0 aliphatic carbocycles. The zero-order chi connectivity index (χ0) is 23.5. The van der Waals surface area contributed by atoms with Crippen LogP contribution >= 0.6 is 0 Å². The van der Waals surface area contributed by atoms with Crippen LogP contribution in [-0.2, 0) is 14.8 Å². The van der Waals surface area contributed by atoms with Crippen LogP contribution in [0.25, 0.3) is 5.69 Å². The first-order valence-corrected chi connectivity index (χ1v) is 11.4. The SMILES string of the molecule is Cc1ccc(S(=O)(=O)N(C)CC(=O)NNC(=O)c2ccc(-n3c(C)ccc3C)cc2)cc1. The number of aryl methyl sites for hydroxylation is 3. The van der Waals surface area contributed by atoms with Crippen molar-refractivity contribution >= 4 is 21.8 Å². The third-order valence-corrected chi connectivity index (χ3v) is 6.89. The van der Waals surface area contributed by atoms with Crippen LogP contribution in [0.1, 0.15) is 27.3 Å². The maximum Gasteiger partial charge on any atom is 0.269 e. The normalized spacial score (nSPS) is 11.4. The van der Waals surface area contributed by atoms with E-state index in [2.05, 4.69) is 15.4 Å². The van der Waals surface area contributed by atoms with Gasteiger partial charge in [-0.15, -0.1) is 0 Å². The van der Waals surface area contributed by atoms with E-state index < -0.39 is 28.4 Å². The minimum atomic E-state index is -3.82. The number of carbonyl (C=O) groups is 2. The first kappa shape index (κ1) is 23.2. The van der Waals surface area contributed by atoms with Crippen molar-refractivity contribution in [2.24, 2.45) is 0 Å². The number of hydrogen-bond donors (Lipinski definition) is 2. The maximum atomic E-state index is 12.6. The first-order valence-electron chi connectivity index (χ1n) is 9.97. The van der Waals surface area contributed by atoms with Gasteiger partial charge in [-0.1, -0.05) is 17.7 Å². The van der Waals surface area contributed by atoms with Gasteiger partial charge in [0.25, 0.3) is 11.8 Å². The number of likely N-dealkylation sites (N-methyl/N-ethyl adjacent to an activating group) is 1. The largest absolute Gasteiger partial charge is 0.319 e. The summed E-state index contributed by atoms with van der Waals surface area (Å²) < 4.78 is 28.1. The van der Waals surface area contributed by atoms with Gasteiger partial charge in [0, 0.05) is 29.7 Å². The minimum absolute atomic E-state index is 0.0932. The Bertz CT molecular complexity index is 1210. The highest BCUT2D eigenvalue weighted by atomic mass is 32.2. The predicted molar refractivity (Wildman–Crippen MR) is 122 cm³/mol. The lowest BCUT2D eigenvalue weighted by Crippen LogP contribution is -2.46. The average molecular weight is 455 g/mol. The second-order valence-corrected chi connectivity index (χ2v) is 9.62. The van der Waals surface area contributed by atoms with Crippen molar-refractivity contribution in [3.8, 4) is 5.69 Å². The molecule has 3 aromatic rings. The lowest BCUT2D eigenvalue weighted by molar-refractivity contribution is -0.121. The predicted octanol–water partition coefficient (Wildman–Crippen LogP) is 2.48. The van der Waals surface area contributed by atoms with E-state index in [1.807, 2.05) is 45.0 Å². The number of aromatic nitrogens is 1. The Morgan fingerprint density at radius 1 is 0.844 bits per heavy atom. The van der Waals surface area contributed by atoms with E-state index in [1.165, 1.54) is 19.2 Å². The van der Waals surface area contributed by atoms with Crippen LogP contribution < -0.4 is 10.9 Å². The summed E-state index contributed by atoms with van der Waals surface area (Å²) in [6.45, 7) is 5.41. The monoisotopic (exact) mass is 454 g/mol. The second-order valence-electron chi connectivity index (χ2n) is 7.57. The maximum absolute atomic E-state index is 12.6. The standard InChI is InChI=1S/C23H26N4O4S/c1-16-5-13-21(14-6-16)32(30,31)26(4)15-22(28)24-25-23(29)19-9-11-20(12-10-19)27-17(2)7-8-18(27)3/h5-14H,15H2,1-4H3,(H,24,28)(H,25,29). The highest BCUT2D eigenvalue weighted by Crippen LogP contribution is 2.17. The molecule has 9 heteroatoms. The quantitative estimate of drug-likeness (QED) is 0.559. The zero-order valence-corrected chi connectivity index (χ0v) is 19.2. The van der Waals surface area contributed by atoms with Gasteiger partial charge in [0.15, 0.2) is 0 Å². The van der Waals surface area contributed by atoms with E-state index in [0.29, 0.717) is 5.56 Å². The molecule has 2 amide bonds. The number of nitrogens with zero attached hydrogens (tertiary/aromatic N) is 2. The lowest BCUT2D eigenvalue weighted by atomic mass is 10.2. The Morgan fingerprint density at radius 3 is 1.97 bits per heavy atom. The summed E-state index contributed by atoms with van der Waals surface area (Å²) in [5, 5.41) is 0. The molecule has 1 aromatic heterocycles. The highest BCUT2D eigenvalue weighted by Gasteiger charge is 2.23. The third-order valence-electron chi connectivity index (χ3n) is 5.07. The van der Waals surface area contributed by atoms with Crippen LogP contribution in [-0.4, -0.2) is 42.7 Å². The van der Waals surface area contributed by atoms with Crippen molar-refractivity contribution in [3.63, 3.8) is 0 Å². The Morgan fingerprint density at radius 2 is 1.41 bits per heavy atom. The van der Waals surface area contributed by atoms with Crippen LogP contribution in [0.4, 0.5) is 0 Å². The fourth-order valence-corrected chi connectivity index (χ4v) is 4.38. The van der Waals surface area contributed by atoms with Gasteiger partial charge in [0.1, 0.15) is 0 Å². The fraction of sp³-hybridized carbons (Fsp3) is 0.217. The van der Waals surface area contributed by atoms with Crippen molar-refractivity contribution in [3.05, 3.63) is 83.2 Å². The molecule has 0 unspecified atom stereocenters. The summed E-state index contributed by atoms with van der Waals surface area (Å²) in [4.78, 5) is 24.6. The van der Waals surface area contributed by atoms with Gasteiger partial charge in [-0.3, -0.25) is 20.4 Å². The Kier molecular flexibility index (Phi) is 6.81. The molecule has 3 rings (SSSR count). The van der Waals surface area contributed by atoms with Crippen molar-refractivity contribution in [2.75, 3.05) is 13.6 Å². The fourth-order valence-electron chi connectivity index (χ4n) is 3.25. The smallest absolute Gasteiger partial charge is 0.269 e. The molecule has 2 N–H and O–H groups in total. The molecule has 0 spiro atoms. The van der Waals surface area contributed by atoms with E-state index in [0.717, 1.165) is 26.9 Å². The average Bonchev–Trinajstić information content (AvgIpc) is 3.10. The van der Waals surface area contributed by atoms with Crippen LogP contribution in [0.3, 0.4) is 0 Å². The molecule has 0 fully saturated rings. The van der Waals surface area contributed by atoms with Crippen molar-refractivity contribution in [2.45, 2.75) is 25.7 Å². The Balaban J connectivity index is 1.57. The molecule has 32 heavy (non-hydrogen) atoms. The van der Waals surface area contributed by atoms with Crippen LogP contribution in [0.2, 0.25) is 0 Å². The van der Waals surface area contributed by atoms with E-state index in [4.69, 9.17) is 0 Å². The van der Waals surface area contributed by atoms with Gasteiger partial charge >= 0.3 is 0 Å². The molecule has 168 valence electrons. The van der Waals surface area contributed by atoms with Crippen molar-refractivity contribution < 1.29 is 18.0 Å². The van der Waals surface area contributed by atoms with Crippen LogP contribution in [0, 0.1) is 20.8 Å². The van der Waals surface area contributed by atoms with Gasteiger partial charge < -0.3 is 4.57 Å². The van der Waals surface area contributed by atoms with Crippen LogP contribution in [0.5, 0.6) is 0 Å². The summed E-state index contributed by atoms with van der Waals surface area (Å²) in [6, 6.07) is 17.3. The van der Waals surface area contributed by atoms with Gasteiger partial charge in [-0.2, -0.15) is 4.31 Å². The number of benzene rings is 2. The molecule has 0 aliphatic rings. The van der Waals surface area contributed by atoms with Crippen molar-refractivity contribution in [1.82, 2.24) is 19.7 Å². The minimum Gasteiger partial charge on any atom is -0.319 e. The number of hydrazine groups is 1. The zero-order valence-electron chi connectivity index (χ0n) is 18.4. The van der Waals surface area contributed by atoms with Crippen LogP contribution in [0.15, 0.2) is 65.6 Å². The number of hydrogen-bond acceptors (Lipinski definition) is 4. The third kappa shape index (κ3) is 5.06. The molecule has 0 atom stereocenters. The topological polar surface area (TPSA) is 101 Å². The lowest BCUT2D eigenvalue weighted by Gasteiger charge is -2.17. The Hall–Kier alpha value is -3.43. The van der Waals surface area contributed by atoms with E-state index in [1.54, 1.807) is 24.3 Å². The molecule has 2 aromatic carbocycles. The molecule has 0 saturated heterocycles. The first-order chi connectivity index (χ1) is 15.1. The molecular weight excluding hydrogens is 428 g/mol. The molecule has 8 nitrogen and oxygen atoms in total. The summed E-state index contributed by atoms with van der Waals surface area (Å²) in [6.07, 6.45) is 0. The van der Waals surface area contributed by atoms with Crippen molar-refractivity contribution in [1.29, 1.82) is 0 Å². The van der Waals surface area contributed by atoms with Gasteiger partial charge in [0.05, 0.1) is 11.4 Å². The molecule has 0 aliphatic heterocycles. The summed E-state index contributed by atoms with van der Waals surface area (Å²) in [5.41, 5.74) is 8.94. The van der Waals surface area contributed by atoms with Gasteiger partial charge in [0.2, 0.25) is 10.0 Å². The van der Waals surface area contributed by atoms with E-state index >= 15 is 0 Å². The number of amides is 2. The molecular formula is C23H26N4O4S. The highest BCUT2D eigenvalue weighted by molar-refractivity contribution is 7.89. The Labute approximate surface area is 187 Å². The number of rotatable bonds is 6. The number of carbonyl (C=O) groups excluding carboxylic acids is 2. The molecule has 0 bridgehead atoms.